The standard InChI is InChI=1S/C2H8N2.4CH6O6P2.5Na.5H/c3-1-2-4;4*2-8(3,4)1-9(5,6)7;;;;;;;;;;/h1-4H2;4*1H2,(H2,2,3,4)(H2,5,6,7);;;;;;;;;;. The van der Waals surface area contributed by atoms with Gasteiger partial charge in [-0.1, -0.05) is 0 Å². The van der Waals surface area contributed by atoms with Crippen LogP contribution in [-0.2, 0) is 36.5 Å². The molecule has 0 bridgehead atoms. The van der Waals surface area contributed by atoms with Gasteiger partial charge in [-0.05, 0) is 0 Å². The Morgan fingerprint density at radius 2 is 0.333 bits per heavy atom. The average molecular weight is 884 g/mol. The second kappa shape index (κ2) is 33.5. The first-order valence-electron chi connectivity index (χ1n) is 8.51. The predicted octanol–water partition coefficient (Wildman–Crippen LogP) is -7.14. The van der Waals surface area contributed by atoms with Crippen molar-refractivity contribution in [3.63, 3.8) is 0 Å². The molecular weight excluding hydrogens is 847 g/mol. The third-order valence-electron chi connectivity index (χ3n) is 1.64. The van der Waals surface area contributed by atoms with E-state index in [9.17, 15) is 36.5 Å². The van der Waals surface area contributed by atoms with E-state index in [0.29, 0.717) is 13.1 Å². The maximum atomic E-state index is 9.85. The van der Waals surface area contributed by atoms with Crippen molar-refractivity contribution in [3.05, 3.63) is 0 Å². The molecule has 39 heteroatoms. The van der Waals surface area contributed by atoms with Crippen LogP contribution >= 0.6 is 60.8 Å². The van der Waals surface area contributed by atoms with Crippen LogP contribution in [0.15, 0.2) is 0 Å². The van der Waals surface area contributed by atoms with Crippen LogP contribution < -0.4 is 11.5 Å². The summed E-state index contributed by atoms with van der Waals surface area (Å²) in [5.74, 6) is -5.50. The minimum atomic E-state index is -4.55. The summed E-state index contributed by atoms with van der Waals surface area (Å²) >= 11 is 0. The zero-order valence-electron chi connectivity index (χ0n) is 19.4. The van der Waals surface area contributed by atoms with Crippen LogP contribution in [0.4, 0.5) is 0 Å². The van der Waals surface area contributed by atoms with Crippen molar-refractivity contribution >= 4 is 209 Å². The van der Waals surface area contributed by atoms with Gasteiger partial charge in [0, 0.05) is 13.1 Å². The fourth-order valence-corrected chi connectivity index (χ4v) is 8.64. The molecule has 45 heavy (non-hydrogen) atoms. The Labute approximate surface area is 366 Å². The van der Waals surface area contributed by atoms with Gasteiger partial charge in [-0.25, -0.2) is 0 Å². The Bertz CT molecular complexity index is 843. The molecule has 0 rings (SSSR count). The number of hydrogen-bond donors (Lipinski definition) is 18. The third-order valence-corrected chi connectivity index (χ3v) is 13.4. The zero-order chi connectivity index (χ0) is 34.2. The molecular formula is C6H37N2Na5O24P8. The molecule has 0 amide bonds. The van der Waals surface area contributed by atoms with Crippen LogP contribution in [0.5, 0.6) is 0 Å². The summed E-state index contributed by atoms with van der Waals surface area (Å²) in [6, 6.07) is 0. The summed E-state index contributed by atoms with van der Waals surface area (Å²) in [6.07, 6.45) is 0. The summed E-state index contributed by atoms with van der Waals surface area (Å²) in [4.78, 5) is 128. The number of rotatable bonds is 9. The maximum absolute atomic E-state index is 9.85. The molecule has 0 aromatic heterocycles. The van der Waals surface area contributed by atoms with Gasteiger partial charge >= 0.3 is 209 Å². The summed E-state index contributed by atoms with van der Waals surface area (Å²) in [7, 11) is -36.4. The molecule has 0 heterocycles. The molecule has 0 saturated carbocycles. The van der Waals surface area contributed by atoms with Gasteiger partial charge in [0.05, 0.1) is 0 Å². The molecule has 0 unspecified atom stereocenters. The van der Waals surface area contributed by atoms with Crippen LogP contribution in [0.25, 0.3) is 0 Å². The Balaban J connectivity index is -0.0000000421. The second-order valence-corrected chi connectivity index (χ2v) is 21.6. The van der Waals surface area contributed by atoms with Crippen LogP contribution in [0, 0.1) is 0 Å². The molecule has 0 radical (unpaired) electrons. The summed E-state index contributed by atoms with van der Waals surface area (Å²) in [5.41, 5.74) is 9.81. The Morgan fingerprint density at radius 3 is 0.333 bits per heavy atom. The van der Waals surface area contributed by atoms with Crippen molar-refractivity contribution in [3.8, 4) is 0 Å². The predicted molar refractivity (Wildman–Crippen MR) is 170 cm³/mol. The molecule has 0 fully saturated rings. The van der Waals surface area contributed by atoms with Gasteiger partial charge in [0.1, 0.15) is 0 Å². The quantitative estimate of drug-likeness (QED) is 0.0755. The van der Waals surface area contributed by atoms with Gasteiger partial charge < -0.3 is 89.8 Å². The molecule has 0 aromatic rings. The first kappa shape index (κ1) is 75.9. The molecule has 0 aliphatic carbocycles. The van der Waals surface area contributed by atoms with Crippen molar-refractivity contribution in [1.29, 1.82) is 0 Å². The van der Waals surface area contributed by atoms with E-state index in [4.69, 9.17) is 89.8 Å². The first-order valence-corrected chi connectivity index (χ1v) is 22.9. The summed E-state index contributed by atoms with van der Waals surface area (Å²) in [5, 5.41) is 0. The van der Waals surface area contributed by atoms with Gasteiger partial charge in [-0.15, -0.1) is 0 Å². The molecule has 0 saturated heterocycles. The van der Waals surface area contributed by atoms with Crippen LogP contribution in [-0.4, -0.2) is 263 Å². The van der Waals surface area contributed by atoms with E-state index in [1.165, 1.54) is 0 Å². The van der Waals surface area contributed by atoms with E-state index < -0.39 is 84.4 Å². The first-order chi connectivity index (χ1) is 16.7. The summed E-state index contributed by atoms with van der Waals surface area (Å²) in [6.45, 7) is 1.19. The molecule has 260 valence electrons. The molecule has 0 atom stereocenters. The van der Waals surface area contributed by atoms with Gasteiger partial charge in [-0.2, -0.15) is 0 Å². The molecule has 20 N–H and O–H groups in total. The van der Waals surface area contributed by atoms with Crippen molar-refractivity contribution in [2.45, 2.75) is 0 Å². The van der Waals surface area contributed by atoms with E-state index in [0.717, 1.165) is 0 Å². The van der Waals surface area contributed by atoms with Crippen LogP contribution in [0.1, 0.15) is 0 Å². The monoisotopic (exact) mass is 884 g/mol. The normalized spacial score (nSPS) is 11.7. The average Bonchev–Trinajstić information content (AvgIpc) is 2.41. The molecule has 0 aliphatic heterocycles. The van der Waals surface area contributed by atoms with E-state index >= 15 is 0 Å². The van der Waals surface area contributed by atoms with Crippen molar-refractivity contribution in [1.82, 2.24) is 0 Å². The molecule has 26 nitrogen and oxygen atoms in total. The SMILES string of the molecule is NCCN.O=P(O)(O)CP(=O)(O)O.O=P(O)(O)CP(=O)(O)O.O=P(O)(O)CP(=O)(O)O.O=P(O)(O)CP(=O)(O)O.[NaH].[NaH].[NaH].[NaH].[NaH]. The van der Waals surface area contributed by atoms with Crippen molar-refractivity contribution in [2.75, 3.05) is 36.7 Å². The molecule has 0 aromatic carbocycles. The fourth-order valence-electron chi connectivity index (χ4n) is 0.960. The summed E-state index contributed by atoms with van der Waals surface area (Å²) < 4.78 is 78.8. The fraction of sp³-hybridized carbons (Fsp3) is 1.00. The minimum absolute atomic E-state index is 0. The second-order valence-electron chi connectivity index (χ2n) is 6.46. The van der Waals surface area contributed by atoms with Crippen molar-refractivity contribution < 1.29 is 115 Å². The molecule has 0 aliphatic rings. The Kier molecular flexibility index (Phi) is 56.5. The van der Waals surface area contributed by atoms with Crippen LogP contribution in [0.2, 0.25) is 0 Å². The number of nitrogens with two attached hydrogens (primary N) is 2. The van der Waals surface area contributed by atoms with Crippen LogP contribution in [0.3, 0.4) is 0 Å². The Hall–Kier alpha value is 6.12. The van der Waals surface area contributed by atoms with Gasteiger partial charge in [0.2, 0.25) is 0 Å². The van der Waals surface area contributed by atoms with Crippen molar-refractivity contribution in [2.24, 2.45) is 11.5 Å². The molecule has 0 spiro atoms. The van der Waals surface area contributed by atoms with Gasteiger partial charge in [-0.3, -0.25) is 36.5 Å². The Morgan fingerprint density at radius 1 is 0.267 bits per heavy atom. The topological polar surface area (TPSA) is 512 Å². The zero-order valence-corrected chi connectivity index (χ0v) is 26.6. The number of hydrogen-bond acceptors (Lipinski definition) is 10. The van der Waals surface area contributed by atoms with Gasteiger partial charge in [0.25, 0.3) is 0 Å². The van der Waals surface area contributed by atoms with E-state index in [1.54, 1.807) is 0 Å². The van der Waals surface area contributed by atoms with Gasteiger partial charge in [0.15, 0.2) is 23.6 Å². The van der Waals surface area contributed by atoms with E-state index in [1.807, 2.05) is 0 Å². The third kappa shape index (κ3) is 120. The van der Waals surface area contributed by atoms with E-state index in [-0.39, 0.29) is 148 Å². The van der Waals surface area contributed by atoms with E-state index in [2.05, 4.69) is 0 Å².